The van der Waals surface area contributed by atoms with E-state index in [2.05, 4.69) is 15.5 Å². The van der Waals surface area contributed by atoms with Crippen LogP contribution in [-0.2, 0) is 10.5 Å². The molecular formula is C25H20N4O4S. The second kappa shape index (κ2) is 9.03. The van der Waals surface area contributed by atoms with E-state index in [0.717, 1.165) is 28.0 Å². The summed E-state index contributed by atoms with van der Waals surface area (Å²) in [5.41, 5.74) is 3.10. The molecule has 0 fully saturated rings. The van der Waals surface area contributed by atoms with Gasteiger partial charge in [0.25, 0.3) is 0 Å². The van der Waals surface area contributed by atoms with Gasteiger partial charge >= 0.3 is 5.63 Å². The molecule has 5 rings (SSSR count). The van der Waals surface area contributed by atoms with Gasteiger partial charge in [0.1, 0.15) is 11.3 Å². The summed E-state index contributed by atoms with van der Waals surface area (Å²) in [4.78, 5) is 23.6. The summed E-state index contributed by atoms with van der Waals surface area (Å²) >= 11 is 1.47. The highest BCUT2D eigenvalue weighted by Crippen LogP contribution is 2.33. The Morgan fingerprint density at radius 1 is 1.09 bits per heavy atom. The molecule has 1 N–H and O–H groups in total. The van der Waals surface area contributed by atoms with Crippen molar-refractivity contribution in [2.75, 3.05) is 5.32 Å². The van der Waals surface area contributed by atoms with Crippen LogP contribution < -0.4 is 10.9 Å². The van der Waals surface area contributed by atoms with Crippen LogP contribution in [0.1, 0.15) is 18.2 Å². The van der Waals surface area contributed by atoms with Crippen molar-refractivity contribution < 1.29 is 13.6 Å². The maximum atomic E-state index is 12.2. The average Bonchev–Trinajstić information content (AvgIpc) is 3.42. The number of rotatable bonds is 6. The maximum Gasteiger partial charge on any atom is 0.336 e. The largest absolute Gasteiger partial charge is 0.469 e. The van der Waals surface area contributed by atoms with Gasteiger partial charge in [-0.05, 0) is 42.8 Å². The number of carbonyl (C=O) groups is 1. The number of anilines is 1. The van der Waals surface area contributed by atoms with Crippen molar-refractivity contribution in [2.45, 2.75) is 24.8 Å². The zero-order chi connectivity index (χ0) is 23.7. The predicted molar refractivity (Wildman–Crippen MR) is 130 cm³/mol. The third kappa shape index (κ3) is 4.25. The number of thioether (sulfide) groups is 1. The second-order valence-corrected chi connectivity index (χ2v) is 8.58. The number of benzene rings is 2. The molecule has 1 amide bonds. The fourth-order valence-electron chi connectivity index (χ4n) is 3.74. The summed E-state index contributed by atoms with van der Waals surface area (Å²) in [7, 11) is 0. The summed E-state index contributed by atoms with van der Waals surface area (Å²) in [6, 6.07) is 18.5. The Labute approximate surface area is 198 Å². The molecule has 0 atom stereocenters. The molecule has 170 valence electrons. The smallest absolute Gasteiger partial charge is 0.336 e. The number of hydrogen-bond acceptors (Lipinski definition) is 7. The summed E-state index contributed by atoms with van der Waals surface area (Å²) < 4.78 is 12.8. The monoisotopic (exact) mass is 472 g/mol. The van der Waals surface area contributed by atoms with Gasteiger partial charge < -0.3 is 14.2 Å². The molecular weight excluding hydrogens is 452 g/mol. The van der Waals surface area contributed by atoms with Crippen LogP contribution in [-0.4, -0.2) is 20.7 Å². The van der Waals surface area contributed by atoms with Gasteiger partial charge in [-0.2, -0.15) is 0 Å². The first kappa shape index (κ1) is 21.7. The lowest BCUT2D eigenvalue weighted by Crippen LogP contribution is -2.06. The fraction of sp³-hybridized carbons (Fsp3) is 0.120. The molecule has 0 aliphatic carbocycles. The summed E-state index contributed by atoms with van der Waals surface area (Å²) in [6.07, 6.45) is 1.63. The van der Waals surface area contributed by atoms with Crippen LogP contribution in [0.15, 0.2) is 85.7 Å². The second-order valence-electron chi connectivity index (χ2n) is 7.64. The molecule has 5 aromatic rings. The van der Waals surface area contributed by atoms with E-state index in [-0.39, 0.29) is 5.91 Å². The van der Waals surface area contributed by atoms with E-state index in [1.807, 2.05) is 54.0 Å². The Hall–Kier alpha value is -4.11. The molecule has 3 heterocycles. The van der Waals surface area contributed by atoms with Gasteiger partial charge in [0.05, 0.1) is 11.8 Å². The minimum atomic E-state index is -0.456. The minimum Gasteiger partial charge on any atom is -0.469 e. The summed E-state index contributed by atoms with van der Waals surface area (Å²) in [6.45, 7) is 3.31. The number of nitrogens with one attached hydrogen (secondary N) is 1. The van der Waals surface area contributed by atoms with Gasteiger partial charge in [0, 0.05) is 41.6 Å². The van der Waals surface area contributed by atoms with Crippen LogP contribution in [0, 0.1) is 6.92 Å². The van der Waals surface area contributed by atoms with Crippen molar-refractivity contribution in [1.29, 1.82) is 0 Å². The maximum absolute atomic E-state index is 12.2. The molecule has 0 aliphatic heterocycles. The topological polar surface area (TPSA) is 103 Å². The number of aryl methyl sites for hydroxylation is 1. The van der Waals surface area contributed by atoms with E-state index in [1.54, 1.807) is 18.4 Å². The van der Waals surface area contributed by atoms with Gasteiger partial charge in [0.15, 0.2) is 11.0 Å². The van der Waals surface area contributed by atoms with Crippen LogP contribution in [0.25, 0.3) is 28.0 Å². The first-order chi connectivity index (χ1) is 16.5. The molecule has 0 bridgehead atoms. The molecule has 0 unspecified atom stereocenters. The number of fused-ring (bicyclic) bond motifs is 1. The van der Waals surface area contributed by atoms with Crippen molar-refractivity contribution >= 4 is 34.3 Å². The number of para-hydroxylation sites is 1. The highest BCUT2D eigenvalue weighted by molar-refractivity contribution is 7.98. The van der Waals surface area contributed by atoms with Crippen LogP contribution in [0.4, 0.5) is 5.69 Å². The van der Waals surface area contributed by atoms with Gasteiger partial charge in [-0.1, -0.05) is 30.0 Å². The van der Waals surface area contributed by atoms with Gasteiger partial charge in [-0.3, -0.25) is 9.36 Å². The molecule has 0 radical (unpaired) electrons. The van der Waals surface area contributed by atoms with Crippen molar-refractivity contribution in [1.82, 2.24) is 14.8 Å². The van der Waals surface area contributed by atoms with Crippen molar-refractivity contribution in [3.63, 3.8) is 0 Å². The number of hydrogen-bond donors (Lipinski definition) is 1. The first-order valence-electron chi connectivity index (χ1n) is 10.5. The van der Waals surface area contributed by atoms with Crippen LogP contribution in [0.5, 0.6) is 0 Å². The Bertz CT molecular complexity index is 1550. The molecule has 8 nitrogen and oxygen atoms in total. The van der Waals surface area contributed by atoms with Gasteiger partial charge in [-0.15, -0.1) is 10.2 Å². The number of carbonyl (C=O) groups excluding carboxylic acids is 1. The van der Waals surface area contributed by atoms with E-state index in [1.165, 1.54) is 24.8 Å². The quantitative estimate of drug-likeness (QED) is 0.268. The Kier molecular flexibility index (Phi) is 5.77. The molecule has 9 heteroatoms. The zero-order valence-electron chi connectivity index (χ0n) is 18.4. The molecule has 0 saturated carbocycles. The van der Waals surface area contributed by atoms with E-state index in [4.69, 9.17) is 8.83 Å². The Morgan fingerprint density at radius 3 is 2.65 bits per heavy atom. The standard InChI is InChI=1S/C25H20N4O4S/c1-15-20(10-11-32-15)24-27-28-25(29(24)19-6-4-3-5-7-19)34-14-17-12-23(31)33-22-13-18(26-16(2)30)8-9-21(17)22/h3-13H,14H2,1-2H3,(H,26,30). The Balaban J connectivity index is 1.52. The highest BCUT2D eigenvalue weighted by atomic mass is 32.2. The minimum absolute atomic E-state index is 0.197. The van der Waals surface area contributed by atoms with Crippen molar-refractivity contribution in [3.05, 3.63) is 88.7 Å². The molecule has 3 aromatic heterocycles. The predicted octanol–water partition coefficient (Wildman–Crippen LogP) is 5.19. The van der Waals surface area contributed by atoms with E-state index < -0.39 is 5.63 Å². The van der Waals surface area contributed by atoms with Crippen LogP contribution in [0.2, 0.25) is 0 Å². The van der Waals surface area contributed by atoms with E-state index >= 15 is 0 Å². The molecule has 0 spiro atoms. The van der Waals surface area contributed by atoms with Crippen molar-refractivity contribution in [3.8, 4) is 17.1 Å². The molecule has 2 aromatic carbocycles. The van der Waals surface area contributed by atoms with E-state index in [0.29, 0.717) is 28.0 Å². The van der Waals surface area contributed by atoms with Crippen LogP contribution >= 0.6 is 11.8 Å². The summed E-state index contributed by atoms with van der Waals surface area (Å²) in [5.74, 6) is 1.70. The van der Waals surface area contributed by atoms with Crippen molar-refractivity contribution in [2.24, 2.45) is 0 Å². The van der Waals surface area contributed by atoms with Gasteiger partial charge in [-0.25, -0.2) is 4.79 Å². The molecule has 34 heavy (non-hydrogen) atoms. The highest BCUT2D eigenvalue weighted by Gasteiger charge is 2.19. The lowest BCUT2D eigenvalue weighted by Gasteiger charge is -2.11. The normalized spacial score (nSPS) is 11.1. The van der Waals surface area contributed by atoms with Gasteiger partial charge in [0.2, 0.25) is 5.91 Å². The third-order valence-corrected chi connectivity index (χ3v) is 6.23. The number of amides is 1. The fourth-order valence-corrected chi connectivity index (χ4v) is 4.68. The van der Waals surface area contributed by atoms with E-state index in [9.17, 15) is 9.59 Å². The third-order valence-electron chi connectivity index (χ3n) is 5.25. The molecule has 0 saturated heterocycles. The lowest BCUT2D eigenvalue weighted by atomic mass is 10.1. The first-order valence-corrected chi connectivity index (χ1v) is 11.5. The number of furan rings is 1. The molecule has 0 aliphatic rings. The number of aromatic nitrogens is 3. The lowest BCUT2D eigenvalue weighted by molar-refractivity contribution is -0.114. The number of nitrogens with zero attached hydrogens (tertiary/aromatic N) is 3. The zero-order valence-corrected chi connectivity index (χ0v) is 19.3. The van der Waals surface area contributed by atoms with Crippen LogP contribution in [0.3, 0.4) is 0 Å². The average molecular weight is 473 g/mol. The summed E-state index contributed by atoms with van der Waals surface area (Å²) in [5, 5.41) is 13.1. The Morgan fingerprint density at radius 2 is 1.91 bits per heavy atom. The SMILES string of the molecule is CC(=O)Nc1ccc2c(CSc3nnc(-c4ccoc4C)n3-c3ccccc3)cc(=O)oc2c1.